The van der Waals surface area contributed by atoms with Gasteiger partial charge in [0.2, 0.25) is 5.91 Å². The van der Waals surface area contributed by atoms with Crippen LogP contribution in [0.3, 0.4) is 0 Å². The van der Waals surface area contributed by atoms with Crippen molar-refractivity contribution in [1.29, 1.82) is 0 Å². The van der Waals surface area contributed by atoms with E-state index in [0.29, 0.717) is 25.1 Å². The number of nitrogens with one attached hydrogen (secondary N) is 2. The number of amides is 1. The van der Waals surface area contributed by atoms with Crippen molar-refractivity contribution < 1.29 is 22.3 Å². The smallest absolute Gasteiger partial charge is 0.241 e. The van der Waals surface area contributed by atoms with Crippen molar-refractivity contribution in [2.75, 3.05) is 24.7 Å². The summed E-state index contributed by atoms with van der Waals surface area (Å²) in [5.41, 5.74) is 7.58. The quantitative estimate of drug-likeness (QED) is 0.751. The lowest BCUT2D eigenvalue weighted by Crippen LogP contribution is -2.57. The summed E-state index contributed by atoms with van der Waals surface area (Å²) >= 11 is 0. The molecule has 7 nitrogen and oxygen atoms in total. The van der Waals surface area contributed by atoms with Gasteiger partial charge in [0.05, 0.1) is 30.3 Å². The molecule has 3 aliphatic heterocycles. The van der Waals surface area contributed by atoms with Gasteiger partial charge in [0, 0.05) is 12.6 Å². The van der Waals surface area contributed by atoms with Crippen molar-refractivity contribution in [3.8, 4) is 0 Å². The number of hydrazine groups is 1. The summed E-state index contributed by atoms with van der Waals surface area (Å²) < 4.78 is 42.8. The van der Waals surface area contributed by atoms with E-state index in [0.717, 1.165) is 5.56 Å². The van der Waals surface area contributed by atoms with E-state index in [1.807, 2.05) is 0 Å². The molecular weight excluding hydrogens is 361 g/mol. The fraction of sp³-hybridized carbons (Fsp3) is 0.588. The Bertz CT molecular complexity index is 831. The van der Waals surface area contributed by atoms with Crippen molar-refractivity contribution in [3.05, 3.63) is 35.1 Å². The molecule has 0 aliphatic carbocycles. The van der Waals surface area contributed by atoms with Crippen LogP contribution in [-0.4, -0.2) is 62.1 Å². The van der Waals surface area contributed by atoms with Gasteiger partial charge in [-0.3, -0.25) is 4.79 Å². The fourth-order valence-electron chi connectivity index (χ4n) is 4.01. The Hall–Kier alpha value is -1.55. The number of hydrogen-bond donors (Lipinski definition) is 2. The molecule has 1 aromatic carbocycles. The molecular formula is C17H22FN3O4S. The van der Waals surface area contributed by atoms with Gasteiger partial charge in [0.1, 0.15) is 11.9 Å². The van der Waals surface area contributed by atoms with Crippen LogP contribution in [0.5, 0.6) is 0 Å². The minimum atomic E-state index is -3.17. The third-order valence-corrected chi connectivity index (χ3v) is 7.09. The summed E-state index contributed by atoms with van der Waals surface area (Å²) in [5.74, 6) is -0.428. The summed E-state index contributed by atoms with van der Waals surface area (Å²) in [4.78, 5) is 14.6. The van der Waals surface area contributed by atoms with Crippen LogP contribution < -0.4 is 10.9 Å². The van der Waals surface area contributed by atoms with Crippen LogP contribution in [0.4, 0.5) is 4.39 Å². The number of carbonyl (C=O) groups excluding carboxylic acids is 1. The van der Waals surface area contributed by atoms with Crippen molar-refractivity contribution in [2.45, 2.75) is 37.6 Å². The molecule has 3 saturated heterocycles. The van der Waals surface area contributed by atoms with Gasteiger partial charge in [-0.25, -0.2) is 23.7 Å². The number of nitrogens with zero attached hydrogens (tertiary/aromatic N) is 1. The number of carbonyl (C=O) groups is 1. The number of rotatable bonds is 2. The van der Waals surface area contributed by atoms with E-state index in [-0.39, 0.29) is 29.3 Å². The number of aryl methyl sites for hydroxylation is 1. The van der Waals surface area contributed by atoms with Gasteiger partial charge in [-0.1, -0.05) is 12.1 Å². The number of halogens is 1. The van der Waals surface area contributed by atoms with Crippen molar-refractivity contribution >= 4 is 15.7 Å². The molecule has 1 amide bonds. The average Bonchev–Trinajstić information content (AvgIpc) is 3.19. The Balaban J connectivity index is 1.46. The highest BCUT2D eigenvalue weighted by atomic mass is 32.2. The van der Waals surface area contributed by atoms with Gasteiger partial charge in [-0.05, 0) is 30.5 Å². The molecule has 4 atom stereocenters. The van der Waals surface area contributed by atoms with E-state index in [4.69, 9.17) is 4.74 Å². The predicted molar refractivity (Wildman–Crippen MR) is 92.4 cm³/mol. The van der Waals surface area contributed by atoms with E-state index < -0.39 is 28.0 Å². The number of sulfone groups is 1. The number of benzene rings is 1. The van der Waals surface area contributed by atoms with Crippen LogP contribution in [-0.2, 0) is 19.4 Å². The first-order valence-corrected chi connectivity index (χ1v) is 10.6. The first-order valence-electron chi connectivity index (χ1n) is 8.74. The molecule has 9 heteroatoms. The second-order valence-electron chi connectivity index (χ2n) is 7.22. The molecule has 4 rings (SSSR count). The maximum atomic E-state index is 13.5. The van der Waals surface area contributed by atoms with Crippen LogP contribution >= 0.6 is 0 Å². The molecule has 3 aliphatic rings. The normalized spacial score (nSPS) is 33.2. The number of morpholine rings is 1. The topological polar surface area (TPSA) is 87.7 Å². The van der Waals surface area contributed by atoms with Gasteiger partial charge in [-0.15, -0.1) is 0 Å². The molecule has 0 aromatic heterocycles. The zero-order valence-corrected chi connectivity index (χ0v) is 15.3. The van der Waals surface area contributed by atoms with Crippen LogP contribution in [0.2, 0.25) is 0 Å². The molecule has 3 fully saturated rings. The van der Waals surface area contributed by atoms with Crippen molar-refractivity contribution in [1.82, 2.24) is 15.8 Å². The second-order valence-corrected chi connectivity index (χ2v) is 9.38. The molecule has 3 heterocycles. The first kappa shape index (κ1) is 17.8. The predicted octanol–water partition coefficient (Wildman–Crippen LogP) is 0.0661. The third-order valence-electron chi connectivity index (χ3n) is 5.41. The minimum Gasteiger partial charge on any atom is -0.373 e. The molecule has 0 saturated carbocycles. The maximum absolute atomic E-state index is 13.5. The lowest BCUT2D eigenvalue weighted by molar-refractivity contribution is -0.144. The second kappa shape index (κ2) is 6.56. The highest BCUT2D eigenvalue weighted by molar-refractivity contribution is 7.91. The van der Waals surface area contributed by atoms with Gasteiger partial charge < -0.3 is 9.64 Å². The largest absolute Gasteiger partial charge is 0.373 e. The van der Waals surface area contributed by atoms with Crippen LogP contribution in [0.1, 0.15) is 23.6 Å². The SMILES string of the molecule is Cc1cc(C2CC(C(=O)N3CCOC4CS(=O)(=O)CC43)NN2)ccc1F. The molecule has 0 bridgehead atoms. The molecule has 26 heavy (non-hydrogen) atoms. The Kier molecular flexibility index (Phi) is 4.50. The highest BCUT2D eigenvalue weighted by Gasteiger charge is 2.47. The van der Waals surface area contributed by atoms with Crippen molar-refractivity contribution in [2.24, 2.45) is 0 Å². The molecule has 2 N–H and O–H groups in total. The summed E-state index contributed by atoms with van der Waals surface area (Å²) in [7, 11) is -3.17. The fourth-order valence-corrected chi connectivity index (χ4v) is 5.88. The van der Waals surface area contributed by atoms with E-state index >= 15 is 0 Å². The Morgan fingerprint density at radius 2 is 2.12 bits per heavy atom. The number of fused-ring (bicyclic) bond motifs is 1. The molecule has 4 unspecified atom stereocenters. The summed E-state index contributed by atoms with van der Waals surface area (Å²) in [6.45, 7) is 2.45. The summed E-state index contributed by atoms with van der Waals surface area (Å²) in [6, 6.07) is 3.95. The Labute approximate surface area is 151 Å². The molecule has 0 radical (unpaired) electrons. The van der Waals surface area contributed by atoms with Crippen LogP contribution in [0.15, 0.2) is 18.2 Å². The van der Waals surface area contributed by atoms with E-state index in [2.05, 4.69) is 10.9 Å². The summed E-state index contributed by atoms with van der Waals surface area (Å²) in [5, 5.41) is 0. The maximum Gasteiger partial charge on any atom is 0.241 e. The van der Waals surface area contributed by atoms with Crippen LogP contribution in [0.25, 0.3) is 0 Å². The molecule has 142 valence electrons. The van der Waals surface area contributed by atoms with Gasteiger partial charge in [0.25, 0.3) is 0 Å². The Morgan fingerprint density at radius 3 is 2.88 bits per heavy atom. The monoisotopic (exact) mass is 383 g/mol. The zero-order valence-electron chi connectivity index (χ0n) is 14.4. The average molecular weight is 383 g/mol. The lowest BCUT2D eigenvalue weighted by Gasteiger charge is -2.37. The van der Waals surface area contributed by atoms with E-state index in [1.54, 1.807) is 24.0 Å². The van der Waals surface area contributed by atoms with Crippen molar-refractivity contribution in [3.63, 3.8) is 0 Å². The van der Waals surface area contributed by atoms with Gasteiger partial charge in [-0.2, -0.15) is 0 Å². The summed E-state index contributed by atoms with van der Waals surface area (Å²) in [6.07, 6.45) is 0.0911. The highest BCUT2D eigenvalue weighted by Crippen LogP contribution is 2.28. The zero-order chi connectivity index (χ0) is 18.5. The number of hydrogen-bond acceptors (Lipinski definition) is 6. The third kappa shape index (κ3) is 3.24. The Morgan fingerprint density at radius 1 is 1.31 bits per heavy atom. The van der Waals surface area contributed by atoms with E-state index in [9.17, 15) is 17.6 Å². The standard InChI is InChI=1S/C17H22FN3O4S/c1-10-6-11(2-3-12(10)18)13-7-14(20-19-13)17(22)21-4-5-25-16-9-26(23,24)8-15(16)21/h2-3,6,13-16,19-20H,4-5,7-9H2,1H3. The van der Waals surface area contributed by atoms with E-state index in [1.165, 1.54) is 6.07 Å². The molecule has 1 aromatic rings. The molecule has 0 spiro atoms. The van der Waals surface area contributed by atoms with Gasteiger partial charge >= 0.3 is 0 Å². The number of ether oxygens (including phenoxy) is 1. The van der Waals surface area contributed by atoms with Gasteiger partial charge in [0.15, 0.2) is 9.84 Å². The van der Waals surface area contributed by atoms with Crippen LogP contribution in [0, 0.1) is 12.7 Å². The first-order chi connectivity index (χ1) is 12.3. The lowest BCUT2D eigenvalue weighted by atomic mass is 9.99. The minimum absolute atomic E-state index is 0.0186.